The highest BCUT2D eigenvalue weighted by atomic mass is 35.5. The number of nitrogens with two attached hydrogens (primary N) is 1. The van der Waals surface area contributed by atoms with Crippen molar-refractivity contribution in [2.45, 2.75) is 31.3 Å². The molecular formula is C14H21ClN4. The van der Waals surface area contributed by atoms with Crippen LogP contribution in [0.3, 0.4) is 0 Å². The van der Waals surface area contributed by atoms with Gasteiger partial charge in [0.1, 0.15) is 5.82 Å². The number of anilines is 1. The Bertz CT molecular complexity index is 431. The van der Waals surface area contributed by atoms with E-state index in [9.17, 15) is 0 Å². The molecule has 2 fully saturated rings. The van der Waals surface area contributed by atoms with Crippen molar-refractivity contribution in [2.24, 2.45) is 5.73 Å². The average Bonchev–Trinajstić information content (AvgIpc) is 2.89. The van der Waals surface area contributed by atoms with E-state index in [2.05, 4.69) is 14.8 Å². The first kappa shape index (κ1) is 13.2. The van der Waals surface area contributed by atoms with Crippen molar-refractivity contribution in [2.75, 3.05) is 31.1 Å². The summed E-state index contributed by atoms with van der Waals surface area (Å²) >= 11 is 6.22. The molecule has 1 unspecified atom stereocenters. The van der Waals surface area contributed by atoms with Crippen molar-refractivity contribution in [1.82, 2.24) is 9.88 Å². The molecule has 2 aliphatic rings. The molecule has 0 spiro atoms. The van der Waals surface area contributed by atoms with E-state index in [1.165, 1.54) is 6.42 Å². The molecule has 4 nitrogen and oxygen atoms in total. The van der Waals surface area contributed by atoms with Gasteiger partial charge in [-0.2, -0.15) is 0 Å². The molecule has 0 bridgehead atoms. The number of halogens is 1. The molecule has 1 aromatic heterocycles. The fourth-order valence-corrected chi connectivity index (χ4v) is 3.37. The molecule has 0 aliphatic carbocycles. The minimum Gasteiger partial charge on any atom is -0.354 e. The van der Waals surface area contributed by atoms with Gasteiger partial charge >= 0.3 is 0 Å². The minimum atomic E-state index is 0.402. The molecule has 2 aliphatic heterocycles. The summed E-state index contributed by atoms with van der Waals surface area (Å²) in [4.78, 5) is 9.30. The quantitative estimate of drug-likeness (QED) is 0.896. The number of hydrogen-bond donors (Lipinski definition) is 1. The summed E-state index contributed by atoms with van der Waals surface area (Å²) in [5.74, 6) is 0.931. The fraction of sp³-hybridized carbons (Fsp3) is 0.643. The Hall–Kier alpha value is -0.840. The van der Waals surface area contributed by atoms with Gasteiger partial charge in [0.15, 0.2) is 0 Å². The zero-order valence-corrected chi connectivity index (χ0v) is 11.9. The van der Waals surface area contributed by atoms with Crippen LogP contribution in [0.5, 0.6) is 0 Å². The number of piperidine rings is 1. The summed E-state index contributed by atoms with van der Waals surface area (Å²) in [7, 11) is 0. The topological polar surface area (TPSA) is 45.4 Å². The van der Waals surface area contributed by atoms with Gasteiger partial charge in [-0.3, -0.25) is 4.90 Å². The van der Waals surface area contributed by atoms with E-state index in [0.717, 1.165) is 49.9 Å². The summed E-state index contributed by atoms with van der Waals surface area (Å²) in [6.07, 6.45) is 5.26. The molecule has 2 saturated heterocycles. The maximum absolute atomic E-state index is 6.22. The van der Waals surface area contributed by atoms with Crippen molar-refractivity contribution in [1.29, 1.82) is 0 Å². The second-order valence-corrected chi connectivity index (χ2v) is 5.98. The predicted molar refractivity (Wildman–Crippen MR) is 78.6 cm³/mol. The van der Waals surface area contributed by atoms with Crippen LogP contribution in [0.25, 0.3) is 0 Å². The summed E-state index contributed by atoms with van der Waals surface area (Å²) in [6.45, 7) is 4.35. The molecular weight excluding hydrogens is 260 g/mol. The van der Waals surface area contributed by atoms with E-state index in [1.807, 2.05) is 18.3 Å². The van der Waals surface area contributed by atoms with E-state index < -0.39 is 0 Å². The zero-order valence-electron chi connectivity index (χ0n) is 11.1. The van der Waals surface area contributed by atoms with Crippen LogP contribution in [0.1, 0.15) is 19.3 Å². The molecule has 0 amide bonds. The van der Waals surface area contributed by atoms with Crippen LogP contribution in [0.2, 0.25) is 5.02 Å². The van der Waals surface area contributed by atoms with Crippen LogP contribution in [-0.4, -0.2) is 48.1 Å². The second kappa shape index (κ2) is 5.65. The standard InChI is InChI=1S/C14H21ClN4/c15-13-2-1-6-17-14(13)19-9-5-12(10-19)18-7-3-11(16)4-8-18/h1-2,6,11-12H,3-5,7-10,16H2. The van der Waals surface area contributed by atoms with Gasteiger partial charge in [0.25, 0.3) is 0 Å². The van der Waals surface area contributed by atoms with Crippen LogP contribution >= 0.6 is 11.6 Å². The molecule has 1 aromatic rings. The molecule has 104 valence electrons. The number of aromatic nitrogens is 1. The summed E-state index contributed by atoms with van der Waals surface area (Å²) in [5, 5.41) is 0.754. The molecule has 0 saturated carbocycles. The van der Waals surface area contributed by atoms with Crippen molar-refractivity contribution in [3.63, 3.8) is 0 Å². The predicted octanol–water partition coefficient (Wildman–Crippen LogP) is 1.74. The minimum absolute atomic E-state index is 0.402. The molecule has 2 N–H and O–H groups in total. The molecule has 5 heteroatoms. The fourth-order valence-electron chi connectivity index (χ4n) is 3.13. The Balaban J connectivity index is 1.63. The van der Waals surface area contributed by atoms with Gasteiger partial charge < -0.3 is 10.6 Å². The highest BCUT2D eigenvalue weighted by Gasteiger charge is 2.30. The monoisotopic (exact) mass is 280 g/mol. The lowest BCUT2D eigenvalue weighted by Gasteiger charge is -2.34. The molecule has 0 radical (unpaired) electrons. The second-order valence-electron chi connectivity index (χ2n) is 5.57. The summed E-state index contributed by atoms with van der Waals surface area (Å²) < 4.78 is 0. The van der Waals surface area contributed by atoms with Gasteiger partial charge in [0.05, 0.1) is 5.02 Å². The summed E-state index contributed by atoms with van der Waals surface area (Å²) in [6, 6.07) is 4.83. The average molecular weight is 281 g/mol. The van der Waals surface area contributed by atoms with Gasteiger partial charge in [0.2, 0.25) is 0 Å². The Morgan fingerprint density at radius 2 is 2.00 bits per heavy atom. The third kappa shape index (κ3) is 2.86. The van der Waals surface area contributed by atoms with Crippen LogP contribution in [0.4, 0.5) is 5.82 Å². The first-order valence-corrected chi connectivity index (χ1v) is 7.47. The Morgan fingerprint density at radius 1 is 1.21 bits per heavy atom. The lowest BCUT2D eigenvalue weighted by molar-refractivity contribution is 0.163. The molecule has 3 heterocycles. The molecule has 1 atom stereocenters. The van der Waals surface area contributed by atoms with Crippen molar-refractivity contribution >= 4 is 17.4 Å². The van der Waals surface area contributed by atoms with Gasteiger partial charge in [0, 0.05) is 31.4 Å². The van der Waals surface area contributed by atoms with Gasteiger partial charge in [-0.1, -0.05) is 11.6 Å². The molecule has 0 aromatic carbocycles. The highest BCUT2D eigenvalue weighted by molar-refractivity contribution is 6.32. The Labute approximate surface area is 119 Å². The number of hydrogen-bond acceptors (Lipinski definition) is 4. The smallest absolute Gasteiger partial charge is 0.147 e. The third-order valence-electron chi connectivity index (χ3n) is 4.29. The van der Waals surface area contributed by atoms with Crippen molar-refractivity contribution in [3.05, 3.63) is 23.4 Å². The highest BCUT2D eigenvalue weighted by Crippen LogP contribution is 2.28. The number of rotatable bonds is 2. The lowest BCUT2D eigenvalue weighted by atomic mass is 10.0. The first-order chi connectivity index (χ1) is 9.24. The Morgan fingerprint density at radius 3 is 2.74 bits per heavy atom. The third-order valence-corrected chi connectivity index (χ3v) is 4.59. The molecule has 3 rings (SSSR count). The van der Waals surface area contributed by atoms with E-state index in [4.69, 9.17) is 17.3 Å². The lowest BCUT2D eigenvalue weighted by Crippen LogP contribution is -2.46. The van der Waals surface area contributed by atoms with E-state index in [-0.39, 0.29) is 0 Å². The van der Waals surface area contributed by atoms with Crippen LogP contribution in [0, 0.1) is 0 Å². The van der Waals surface area contributed by atoms with Crippen molar-refractivity contribution < 1.29 is 0 Å². The van der Waals surface area contributed by atoms with Crippen LogP contribution in [-0.2, 0) is 0 Å². The number of pyridine rings is 1. The maximum Gasteiger partial charge on any atom is 0.147 e. The van der Waals surface area contributed by atoms with E-state index >= 15 is 0 Å². The van der Waals surface area contributed by atoms with E-state index in [0.29, 0.717) is 12.1 Å². The first-order valence-electron chi connectivity index (χ1n) is 7.09. The molecule has 19 heavy (non-hydrogen) atoms. The van der Waals surface area contributed by atoms with Crippen molar-refractivity contribution in [3.8, 4) is 0 Å². The maximum atomic E-state index is 6.22. The van der Waals surface area contributed by atoms with Gasteiger partial charge in [-0.05, 0) is 44.5 Å². The normalized spacial score (nSPS) is 26.0. The number of nitrogens with zero attached hydrogens (tertiary/aromatic N) is 3. The number of likely N-dealkylation sites (tertiary alicyclic amines) is 1. The largest absolute Gasteiger partial charge is 0.354 e. The van der Waals surface area contributed by atoms with Gasteiger partial charge in [-0.25, -0.2) is 4.98 Å². The van der Waals surface area contributed by atoms with Crippen LogP contribution < -0.4 is 10.6 Å². The van der Waals surface area contributed by atoms with Crippen LogP contribution in [0.15, 0.2) is 18.3 Å². The SMILES string of the molecule is NC1CCN(C2CCN(c3ncccc3Cl)C2)CC1. The Kier molecular flexibility index (Phi) is 3.91. The zero-order chi connectivity index (χ0) is 13.2. The summed E-state index contributed by atoms with van der Waals surface area (Å²) in [5.41, 5.74) is 5.97. The van der Waals surface area contributed by atoms with E-state index in [1.54, 1.807) is 0 Å². The van der Waals surface area contributed by atoms with Gasteiger partial charge in [-0.15, -0.1) is 0 Å².